The van der Waals surface area contributed by atoms with Gasteiger partial charge in [-0.2, -0.15) is 0 Å². The van der Waals surface area contributed by atoms with Gasteiger partial charge in [-0.25, -0.2) is 4.98 Å². The van der Waals surface area contributed by atoms with E-state index >= 15 is 0 Å². The molecule has 0 unspecified atom stereocenters. The quantitative estimate of drug-likeness (QED) is 0.886. The molecular weight excluding hydrogens is 272 g/mol. The Morgan fingerprint density at radius 2 is 2.30 bits per heavy atom. The van der Waals surface area contributed by atoms with Crippen LogP contribution >= 0.6 is 11.3 Å². The number of hydrogen-bond acceptors (Lipinski definition) is 5. The number of carbonyl (C=O) groups is 1. The van der Waals surface area contributed by atoms with Crippen molar-refractivity contribution in [2.24, 2.45) is 0 Å². The Kier molecular flexibility index (Phi) is 3.64. The van der Waals surface area contributed by atoms with E-state index in [0.29, 0.717) is 17.5 Å². The normalized spacial score (nSPS) is 14.1. The third-order valence-electron chi connectivity index (χ3n) is 3.06. The Morgan fingerprint density at radius 1 is 1.45 bits per heavy atom. The standard InChI is InChI=1S/C14H16N4OS/c1-9-12(20-14(17-9)18-10-5-6-10)13(19)16-8-11-4-2-3-7-15-11/h2-4,7,10H,5-6,8H2,1H3,(H,16,19)(H,17,18). The van der Waals surface area contributed by atoms with Crippen LogP contribution in [0.15, 0.2) is 24.4 Å². The van der Waals surface area contributed by atoms with E-state index in [1.54, 1.807) is 6.20 Å². The fourth-order valence-corrected chi connectivity index (χ4v) is 2.78. The summed E-state index contributed by atoms with van der Waals surface area (Å²) in [5.41, 5.74) is 1.62. The van der Waals surface area contributed by atoms with Crippen molar-refractivity contribution in [3.05, 3.63) is 40.7 Å². The van der Waals surface area contributed by atoms with Crippen molar-refractivity contribution in [1.29, 1.82) is 0 Å². The van der Waals surface area contributed by atoms with Crippen molar-refractivity contribution >= 4 is 22.4 Å². The van der Waals surface area contributed by atoms with Gasteiger partial charge in [-0.15, -0.1) is 0 Å². The van der Waals surface area contributed by atoms with Gasteiger partial charge in [-0.05, 0) is 31.9 Å². The Balaban J connectivity index is 1.62. The summed E-state index contributed by atoms with van der Waals surface area (Å²) in [7, 11) is 0. The molecule has 2 heterocycles. The van der Waals surface area contributed by atoms with Gasteiger partial charge in [0.15, 0.2) is 5.13 Å². The molecule has 1 aliphatic rings. The van der Waals surface area contributed by atoms with E-state index in [1.807, 2.05) is 25.1 Å². The molecule has 0 bridgehead atoms. The molecule has 1 amide bonds. The lowest BCUT2D eigenvalue weighted by atomic mass is 10.3. The number of pyridine rings is 1. The second kappa shape index (κ2) is 5.58. The molecule has 6 heteroatoms. The Morgan fingerprint density at radius 3 is 3.00 bits per heavy atom. The van der Waals surface area contributed by atoms with Crippen LogP contribution in [0.4, 0.5) is 5.13 Å². The summed E-state index contributed by atoms with van der Waals surface area (Å²) in [6.07, 6.45) is 4.11. The highest BCUT2D eigenvalue weighted by Crippen LogP contribution is 2.29. The fourth-order valence-electron chi connectivity index (χ4n) is 1.82. The first kappa shape index (κ1) is 13.1. The first-order chi connectivity index (χ1) is 9.72. The van der Waals surface area contributed by atoms with Gasteiger partial charge in [0, 0.05) is 12.2 Å². The number of carbonyl (C=O) groups excluding carboxylic acids is 1. The van der Waals surface area contributed by atoms with Crippen molar-refractivity contribution in [1.82, 2.24) is 15.3 Å². The second-order valence-corrected chi connectivity index (χ2v) is 5.85. The van der Waals surface area contributed by atoms with Crippen molar-refractivity contribution in [2.75, 3.05) is 5.32 Å². The van der Waals surface area contributed by atoms with Crippen molar-refractivity contribution in [3.63, 3.8) is 0 Å². The molecule has 1 aliphatic carbocycles. The number of rotatable bonds is 5. The fraction of sp³-hybridized carbons (Fsp3) is 0.357. The predicted octanol–water partition coefficient (Wildman–Crippen LogP) is 2.35. The highest BCUT2D eigenvalue weighted by atomic mass is 32.1. The van der Waals surface area contributed by atoms with Gasteiger partial charge >= 0.3 is 0 Å². The number of hydrogen-bond donors (Lipinski definition) is 2. The number of anilines is 1. The Labute approximate surface area is 121 Å². The second-order valence-electron chi connectivity index (χ2n) is 4.86. The molecule has 0 saturated heterocycles. The van der Waals surface area contributed by atoms with E-state index in [9.17, 15) is 4.79 Å². The van der Waals surface area contributed by atoms with E-state index in [0.717, 1.165) is 16.5 Å². The third-order valence-corrected chi connectivity index (χ3v) is 4.15. The molecule has 104 valence electrons. The molecule has 1 saturated carbocycles. The maximum absolute atomic E-state index is 12.2. The molecule has 1 fully saturated rings. The van der Waals surface area contributed by atoms with Crippen LogP contribution in [0.2, 0.25) is 0 Å². The summed E-state index contributed by atoms with van der Waals surface area (Å²) in [4.78, 5) is 21.4. The molecule has 0 radical (unpaired) electrons. The molecular formula is C14H16N4OS. The minimum absolute atomic E-state index is 0.0884. The number of amides is 1. The zero-order valence-corrected chi connectivity index (χ0v) is 12.0. The molecule has 2 N–H and O–H groups in total. The van der Waals surface area contributed by atoms with Gasteiger partial charge in [-0.3, -0.25) is 9.78 Å². The average Bonchev–Trinajstić information content (AvgIpc) is 3.19. The van der Waals surface area contributed by atoms with E-state index in [-0.39, 0.29) is 5.91 Å². The molecule has 2 aromatic heterocycles. The zero-order chi connectivity index (χ0) is 13.9. The van der Waals surface area contributed by atoms with E-state index in [1.165, 1.54) is 24.2 Å². The highest BCUT2D eigenvalue weighted by molar-refractivity contribution is 7.17. The number of thiazole rings is 1. The summed E-state index contributed by atoms with van der Waals surface area (Å²) < 4.78 is 0. The number of aromatic nitrogens is 2. The molecule has 3 rings (SSSR count). The third kappa shape index (κ3) is 3.14. The SMILES string of the molecule is Cc1nc(NC2CC2)sc1C(=O)NCc1ccccn1. The van der Waals surface area contributed by atoms with Gasteiger partial charge in [0.25, 0.3) is 5.91 Å². The lowest BCUT2D eigenvalue weighted by Crippen LogP contribution is -2.23. The molecule has 5 nitrogen and oxygen atoms in total. The number of nitrogens with zero attached hydrogens (tertiary/aromatic N) is 2. The highest BCUT2D eigenvalue weighted by Gasteiger charge is 2.23. The maximum atomic E-state index is 12.2. The van der Waals surface area contributed by atoms with E-state index in [4.69, 9.17) is 0 Å². The lowest BCUT2D eigenvalue weighted by Gasteiger charge is -2.03. The molecule has 20 heavy (non-hydrogen) atoms. The predicted molar refractivity (Wildman–Crippen MR) is 78.9 cm³/mol. The molecule has 0 spiro atoms. The van der Waals surface area contributed by atoms with Gasteiger partial charge < -0.3 is 10.6 Å². The van der Waals surface area contributed by atoms with Gasteiger partial charge in [0.2, 0.25) is 0 Å². The summed E-state index contributed by atoms with van der Waals surface area (Å²) >= 11 is 1.42. The van der Waals surface area contributed by atoms with Crippen LogP contribution in [0.3, 0.4) is 0 Å². The minimum atomic E-state index is -0.0884. The molecule has 2 aromatic rings. The monoisotopic (exact) mass is 288 g/mol. The van der Waals surface area contributed by atoms with Gasteiger partial charge in [0.1, 0.15) is 4.88 Å². The Hall–Kier alpha value is -1.95. The van der Waals surface area contributed by atoms with Crippen molar-refractivity contribution < 1.29 is 4.79 Å². The first-order valence-corrected chi connectivity index (χ1v) is 7.46. The van der Waals surface area contributed by atoms with Crippen LogP contribution < -0.4 is 10.6 Å². The van der Waals surface area contributed by atoms with Crippen LogP contribution in [0, 0.1) is 6.92 Å². The summed E-state index contributed by atoms with van der Waals surface area (Å²) in [5, 5.41) is 7.04. The van der Waals surface area contributed by atoms with Crippen LogP contribution in [0.1, 0.15) is 33.9 Å². The molecule has 0 atom stereocenters. The maximum Gasteiger partial charge on any atom is 0.263 e. The molecule has 0 aromatic carbocycles. The van der Waals surface area contributed by atoms with Crippen molar-refractivity contribution in [3.8, 4) is 0 Å². The summed E-state index contributed by atoms with van der Waals surface area (Å²) in [6.45, 7) is 2.30. The van der Waals surface area contributed by atoms with Crippen LogP contribution in [-0.2, 0) is 6.54 Å². The van der Waals surface area contributed by atoms with Crippen LogP contribution in [0.25, 0.3) is 0 Å². The van der Waals surface area contributed by atoms with Crippen LogP contribution in [-0.4, -0.2) is 21.9 Å². The largest absolute Gasteiger partial charge is 0.359 e. The first-order valence-electron chi connectivity index (χ1n) is 6.64. The van der Waals surface area contributed by atoms with Crippen molar-refractivity contribution in [2.45, 2.75) is 32.4 Å². The van der Waals surface area contributed by atoms with E-state index < -0.39 is 0 Å². The van der Waals surface area contributed by atoms with E-state index in [2.05, 4.69) is 20.6 Å². The topological polar surface area (TPSA) is 66.9 Å². The number of nitrogens with one attached hydrogen (secondary N) is 2. The van der Waals surface area contributed by atoms with Gasteiger partial charge in [-0.1, -0.05) is 17.4 Å². The number of aryl methyl sites for hydroxylation is 1. The average molecular weight is 288 g/mol. The van der Waals surface area contributed by atoms with Gasteiger partial charge in [0.05, 0.1) is 17.9 Å². The summed E-state index contributed by atoms with van der Waals surface area (Å²) in [6, 6.07) is 6.20. The Bertz CT molecular complexity index is 607. The van der Waals surface area contributed by atoms with Crippen LogP contribution in [0.5, 0.6) is 0 Å². The smallest absolute Gasteiger partial charge is 0.263 e. The lowest BCUT2D eigenvalue weighted by molar-refractivity contribution is 0.0953. The zero-order valence-electron chi connectivity index (χ0n) is 11.2. The minimum Gasteiger partial charge on any atom is -0.359 e. The summed E-state index contributed by atoms with van der Waals surface area (Å²) in [5.74, 6) is -0.0884. The molecule has 0 aliphatic heterocycles.